The summed E-state index contributed by atoms with van der Waals surface area (Å²) in [6.45, 7) is 20.7. The van der Waals surface area contributed by atoms with Crippen molar-refractivity contribution in [3.05, 3.63) is 0 Å². The van der Waals surface area contributed by atoms with E-state index in [1.807, 2.05) is 0 Å². The molecule has 0 aromatic heterocycles. The first-order chi connectivity index (χ1) is 14.3. The zero-order valence-electron chi connectivity index (χ0n) is 22.1. The van der Waals surface area contributed by atoms with Crippen molar-refractivity contribution in [1.82, 2.24) is 0 Å². The van der Waals surface area contributed by atoms with Crippen LogP contribution < -0.4 is 0 Å². The fourth-order valence-electron chi connectivity index (χ4n) is 11.7. The maximum absolute atomic E-state index is 10.9. The second-order valence-corrected chi connectivity index (χ2v) is 15.2. The van der Waals surface area contributed by atoms with E-state index < -0.39 is 0 Å². The molecule has 0 radical (unpaired) electrons. The summed E-state index contributed by atoms with van der Waals surface area (Å²) in [5.74, 6) is 5.21. The SMILES string of the molecule is CC(C)[C@@H]1CC[C@]2(C)CC[C@]3(C)[C@@H](CC[C@@H]4[C@@]5(C)CC[C@H](O)C(C)(C)[C@@H]5CC[C@]43C)[C@H]12. The van der Waals surface area contributed by atoms with Gasteiger partial charge in [-0.15, -0.1) is 0 Å². The minimum atomic E-state index is -0.109. The first kappa shape index (κ1) is 22.7. The normalized spacial score (nSPS) is 58.3. The molecule has 0 bridgehead atoms. The Kier molecular flexibility index (Phi) is 4.96. The first-order valence-corrected chi connectivity index (χ1v) is 14.0. The summed E-state index contributed by atoms with van der Waals surface area (Å²) in [5, 5.41) is 10.9. The number of aliphatic hydroxyl groups excluding tert-OH is 1. The Balaban J connectivity index is 1.54. The minimum absolute atomic E-state index is 0.0748. The van der Waals surface area contributed by atoms with E-state index in [-0.39, 0.29) is 11.5 Å². The Morgan fingerprint density at radius 2 is 1.39 bits per heavy atom. The fraction of sp³-hybridized carbons (Fsp3) is 1.00. The summed E-state index contributed by atoms with van der Waals surface area (Å²) in [6, 6.07) is 0. The molecule has 0 spiro atoms. The Labute approximate surface area is 193 Å². The summed E-state index contributed by atoms with van der Waals surface area (Å²) in [5.41, 5.74) is 2.08. The molecule has 31 heavy (non-hydrogen) atoms. The molecule has 1 nitrogen and oxygen atoms in total. The largest absolute Gasteiger partial charge is 0.393 e. The average Bonchev–Trinajstić information content (AvgIpc) is 3.04. The maximum Gasteiger partial charge on any atom is 0.0594 e. The number of rotatable bonds is 1. The van der Waals surface area contributed by atoms with Crippen molar-refractivity contribution < 1.29 is 5.11 Å². The van der Waals surface area contributed by atoms with Crippen LogP contribution in [0.2, 0.25) is 0 Å². The molecular formula is C30H52O. The molecule has 0 amide bonds. The van der Waals surface area contributed by atoms with Gasteiger partial charge in [-0.05, 0) is 127 Å². The number of aliphatic hydroxyl groups is 1. The van der Waals surface area contributed by atoms with Crippen molar-refractivity contribution in [3.63, 3.8) is 0 Å². The third-order valence-corrected chi connectivity index (χ3v) is 13.7. The lowest BCUT2D eigenvalue weighted by Gasteiger charge is -2.73. The molecule has 5 aliphatic rings. The molecular weight excluding hydrogens is 376 g/mol. The van der Waals surface area contributed by atoms with Gasteiger partial charge in [0.15, 0.2) is 0 Å². The molecule has 10 atom stereocenters. The Bertz CT molecular complexity index is 724. The molecule has 5 saturated carbocycles. The van der Waals surface area contributed by atoms with Crippen molar-refractivity contribution in [1.29, 1.82) is 0 Å². The van der Waals surface area contributed by atoms with Crippen molar-refractivity contribution in [3.8, 4) is 0 Å². The van der Waals surface area contributed by atoms with Gasteiger partial charge in [0.2, 0.25) is 0 Å². The molecule has 1 N–H and O–H groups in total. The predicted molar refractivity (Wildman–Crippen MR) is 131 cm³/mol. The first-order valence-electron chi connectivity index (χ1n) is 14.0. The van der Waals surface area contributed by atoms with Crippen LogP contribution in [0.3, 0.4) is 0 Å². The quantitative estimate of drug-likeness (QED) is 0.447. The van der Waals surface area contributed by atoms with Crippen LogP contribution in [-0.4, -0.2) is 11.2 Å². The Hall–Kier alpha value is -0.0400. The highest BCUT2D eigenvalue weighted by molar-refractivity contribution is 5.19. The molecule has 0 aromatic carbocycles. The van der Waals surface area contributed by atoms with Crippen LogP contribution in [0.15, 0.2) is 0 Å². The Morgan fingerprint density at radius 3 is 2.06 bits per heavy atom. The van der Waals surface area contributed by atoms with Crippen molar-refractivity contribution >= 4 is 0 Å². The van der Waals surface area contributed by atoms with Crippen molar-refractivity contribution in [2.75, 3.05) is 0 Å². The predicted octanol–water partition coefficient (Wildman–Crippen LogP) is 8.10. The summed E-state index contributed by atoms with van der Waals surface area (Å²) >= 11 is 0. The monoisotopic (exact) mass is 428 g/mol. The lowest BCUT2D eigenvalue weighted by molar-refractivity contribution is -0.248. The zero-order valence-corrected chi connectivity index (χ0v) is 22.1. The fourth-order valence-corrected chi connectivity index (χ4v) is 11.7. The molecule has 5 fully saturated rings. The van der Waals surface area contributed by atoms with E-state index >= 15 is 0 Å². The van der Waals surface area contributed by atoms with E-state index in [1.165, 1.54) is 57.8 Å². The highest BCUT2D eigenvalue weighted by Gasteiger charge is 2.70. The lowest BCUT2D eigenvalue weighted by atomic mass is 9.32. The molecule has 1 heteroatoms. The molecule has 178 valence electrons. The van der Waals surface area contributed by atoms with E-state index in [0.29, 0.717) is 27.6 Å². The maximum atomic E-state index is 10.9. The number of hydrogen-bond donors (Lipinski definition) is 1. The smallest absolute Gasteiger partial charge is 0.0594 e. The summed E-state index contributed by atoms with van der Waals surface area (Å²) in [4.78, 5) is 0. The van der Waals surface area contributed by atoms with Crippen molar-refractivity contribution in [2.45, 2.75) is 126 Å². The van der Waals surface area contributed by atoms with Gasteiger partial charge >= 0.3 is 0 Å². The van der Waals surface area contributed by atoms with Crippen LogP contribution in [0.25, 0.3) is 0 Å². The third-order valence-electron chi connectivity index (χ3n) is 13.7. The van der Waals surface area contributed by atoms with Crippen LogP contribution in [0.5, 0.6) is 0 Å². The zero-order chi connectivity index (χ0) is 22.6. The van der Waals surface area contributed by atoms with Crippen LogP contribution in [0.4, 0.5) is 0 Å². The molecule has 0 aliphatic heterocycles. The van der Waals surface area contributed by atoms with Crippen LogP contribution in [0.1, 0.15) is 120 Å². The Morgan fingerprint density at radius 1 is 0.677 bits per heavy atom. The molecule has 5 rings (SSSR count). The lowest BCUT2D eigenvalue weighted by Crippen LogP contribution is -2.66. The van der Waals surface area contributed by atoms with E-state index in [9.17, 15) is 5.11 Å². The molecule has 0 heterocycles. The van der Waals surface area contributed by atoms with Gasteiger partial charge in [0.25, 0.3) is 0 Å². The molecule has 0 unspecified atom stereocenters. The van der Waals surface area contributed by atoms with Gasteiger partial charge in [-0.25, -0.2) is 0 Å². The number of hydrogen-bond acceptors (Lipinski definition) is 1. The van der Waals surface area contributed by atoms with Gasteiger partial charge in [-0.2, -0.15) is 0 Å². The van der Waals surface area contributed by atoms with Gasteiger partial charge in [0.1, 0.15) is 0 Å². The summed E-state index contributed by atoms with van der Waals surface area (Å²) in [7, 11) is 0. The summed E-state index contributed by atoms with van der Waals surface area (Å²) in [6.07, 6.45) is 13.7. The van der Waals surface area contributed by atoms with Gasteiger partial charge in [-0.1, -0.05) is 55.4 Å². The third kappa shape index (κ3) is 2.71. The van der Waals surface area contributed by atoms with Crippen LogP contribution in [0, 0.1) is 62.6 Å². The van der Waals surface area contributed by atoms with Gasteiger partial charge < -0.3 is 5.11 Å². The number of fused-ring (bicyclic) bond motifs is 7. The highest BCUT2D eigenvalue weighted by atomic mass is 16.3. The van der Waals surface area contributed by atoms with E-state index in [1.54, 1.807) is 0 Å². The van der Waals surface area contributed by atoms with Crippen LogP contribution in [-0.2, 0) is 0 Å². The van der Waals surface area contributed by atoms with E-state index in [2.05, 4.69) is 55.4 Å². The van der Waals surface area contributed by atoms with Gasteiger partial charge in [0.05, 0.1) is 6.10 Å². The van der Waals surface area contributed by atoms with E-state index in [0.717, 1.165) is 36.0 Å². The second kappa shape index (κ2) is 6.76. The second-order valence-electron chi connectivity index (χ2n) is 15.2. The van der Waals surface area contributed by atoms with Crippen LogP contribution >= 0.6 is 0 Å². The van der Waals surface area contributed by atoms with E-state index in [4.69, 9.17) is 0 Å². The average molecular weight is 429 g/mol. The molecule has 0 aromatic rings. The molecule has 0 saturated heterocycles. The highest BCUT2D eigenvalue weighted by Crippen LogP contribution is 2.77. The summed E-state index contributed by atoms with van der Waals surface area (Å²) < 4.78 is 0. The van der Waals surface area contributed by atoms with Gasteiger partial charge in [-0.3, -0.25) is 0 Å². The standard InChI is InChI=1S/C30H52O/c1-19(2)20-11-14-27(5)17-18-29(7)21(25(20)27)9-10-23-28(6)15-13-24(31)26(3,4)22(28)12-16-30(23,29)8/h19-25,31H,9-18H2,1-8H3/t20-,21-,22-,23+,24-,25-,27+,28-,29+,30+/m0/s1. The van der Waals surface area contributed by atoms with Gasteiger partial charge in [0, 0.05) is 0 Å². The molecule has 5 aliphatic carbocycles. The minimum Gasteiger partial charge on any atom is -0.393 e. The topological polar surface area (TPSA) is 20.2 Å². The van der Waals surface area contributed by atoms with Crippen molar-refractivity contribution in [2.24, 2.45) is 62.6 Å².